The number of hydrogen-bond donors (Lipinski definition) is 1. The van der Waals surface area contributed by atoms with Crippen molar-refractivity contribution in [1.82, 2.24) is 5.43 Å². The van der Waals surface area contributed by atoms with Gasteiger partial charge in [-0.2, -0.15) is 5.10 Å². The Bertz CT molecular complexity index is 981. The van der Waals surface area contributed by atoms with Gasteiger partial charge in [-0.25, -0.2) is 10.2 Å². The zero-order valence-electron chi connectivity index (χ0n) is 14.7. The second-order valence-electron chi connectivity index (χ2n) is 5.70. The number of carbonyl (C=O) groups excluding carboxylic acids is 2. The Hall–Kier alpha value is -3.67. The van der Waals surface area contributed by atoms with Gasteiger partial charge in [0.05, 0.1) is 18.9 Å². The molecule has 136 valence electrons. The molecule has 6 heteroatoms. The largest absolute Gasteiger partial charge is 0.484 e. The van der Waals surface area contributed by atoms with Gasteiger partial charge in [0.2, 0.25) is 0 Å². The number of nitrogens with zero attached hydrogens (tertiary/aromatic N) is 1. The van der Waals surface area contributed by atoms with Crippen LogP contribution in [0.25, 0.3) is 10.8 Å². The zero-order chi connectivity index (χ0) is 19.1. The Morgan fingerprint density at radius 3 is 2.48 bits per heavy atom. The van der Waals surface area contributed by atoms with E-state index in [1.165, 1.54) is 13.3 Å². The Kier molecular flexibility index (Phi) is 5.79. The first-order valence-electron chi connectivity index (χ1n) is 8.27. The Balaban J connectivity index is 1.50. The molecular weight excluding hydrogens is 344 g/mol. The second-order valence-corrected chi connectivity index (χ2v) is 5.70. The number of rotatable bonds is 6. The summed E-state index contributed by atoms with van der Waals surface area (Å²) < 4.78 is 10.1. The van der Waals surface area contributed by atoms with E-state index in [9.17, 15) is 9.59 Å². The molecule has 0 spiro atoms. The van der Waals surface area contributed by atoms with Gasteiger partial charge in [0.1, 0.15) is 5.75 Å². The minimum absolute atomic E-state index is 0.142. The molecule has 27 heavy (non-hydrogen) atoms. The number of hydrogen-bond acceptors (Lipinski definition) is 5. The monoisotopic (exact) mass is 362 g/mol. The molecule has 3 aromatic carbocycles. The Morgan fingerprint density at radius 2 is 1.74 bits per heavy atom. The van der Waals surface area contributed by atoms with Crippen molar-refractivity contribution in [1.29, 1.82) is 0 Å². The molecule has 0 unspecified atom stereocenters. The molecule has 1 amide bonds. The van der Waals surface area contributed by atoms with E-state index in [1.807, 2.05) is 42.5 Å². The van der Waals surface area contributed by atoms with Crippen molar-refractivity contribution in [2.24, 2.45) is 5.10 Å². The van der Waals surface area contributed by atoms with Crippen molar-refractivity contribution in [3.05, 3.63) is 77.9 Å². The van der Waals surface area contributed by atoms with Gasteiger partial charge in [-0.3, -0.25) is 4.79 Å². The van der Waals surface area contributed by atoms with Crippen molar-refractivity contribution < 1.29 is 19.1 Å². The van der Waals surface area contributed by atoms with E-state index in [4.69, 9.17) is 4.74 Å². The predicted octanol–water partition coefficient (Wildman–Crippen LogP) is 3.16. The van der Waals surface area contributed by atoms with Gasteiger partial charge in [-0.15, -0.1) is 0 Å². The number of methoxy groups -OCH3 is 1. The minimum Gasteiger partial charge on any atom is -0.484 e. The molecule has 0 radical (unpaired) electrons. The number of nitrogens with one attached hydrogen (secondary N) is 1. The molecule has 1 N–H and O–H groups in total. The molecule has 0 atom stereocenters. The van der Waals surface area contributed by atoms with Gasteiger partial charge in [0, 0.05) is 0 Å². The Labute approximate surface area is 156 Å². The van der Waals surface area contributed by atoms with Crippen LogP contribution in [-0.2, 0) is 9.53 Å². The molecule has 0 saturated heterocycles. The number of fused-ring (bicyclic) bond motifs is 1. The van der Waals surface area contributed by atoms with Crippen molar-refractivity contribution in [2.45, 2.75) is 0 Å². The molecular formula is C21H18N2O4. The molecule has 0 aliphatic rings. The van der Waals surface area contributed by atoms with E-state index in [0.29, 0.717) is 11.3 Å². The van der Waals surface area contributed by atoms with Gasteiger partial charge < -0.3 is 9.47 Å². The lowest BCUT2D eigenvalue weighted by atomic mass is 10.1. The third-order valence-electron chi connectivity index (χ3n) is 3.83. The van der Waals surface area contributed by atoms with E-state index < -0.39 is 5.97 Å². The van der Waals surface area contributed by atoms with E-state index >= 15 is 0 Å². The third-order valence-corrected chi connectivity index (χ3v) is 3.83. The summed E-state index contributed by atoms with van der Waals surface area (Å²) in [5.74, 6) is -0.158. The van der Waals surface area contributed by atoms with Crippen molar-refractivity contribution in [3.63, 3.8) is 0 Å². The summed E-state index contributed by atoms with van der Waals surface area (Å²) in [6, 6.07) is 20.2. The van der Waals surface area contributed by atoms with Crippen LogP contribution in [0.5, 0.6) is 5.75 Å². The first kappa shape index (κ1) is 18.1. The second kappa shape index (κ2) is 8.62. The highest BCUT2D eigenvalue weighted by Gasteiger charge is 2.04. The summed E-state index contributed by atoms with van der Waals surface area (Å²) in [7, 11) is 1.33. The maximum absolute atomic E-state index is 11.8. The molecule has 0 aliphatic carbocycles. The van der Waals surface area contributed by atoms with Crippen LogP contribution in [0.15, 0.2) is 71.8 Å². The summed E-state index contributed by atoms with van der Waals surface area (Å²) >= 11 is 0. The number of esters is 1. The van der Waals surface area contributed by atoms with Crippen LogP contribution in [0.1, 0.15) is 15.9 Å². The highest BCUT2D eigenvalue weighted by molar-refractivity contribution is 5.91. The van der Waals surface area contributed by atoms with Crippen LogP contribution in [0.4, 0.5) is 0 Å². The van der Waals surface area contributed by atoms with Crippen LogP contribution in [0, 0.1) is 0 Å². The number of amides is 1. The fraction of sp³-hybridized carbons (Fsp3) is 0.0952. The smallest absolute Gasteiger partial charge is 0.337 e. The highest BCUT2D eigenvalue weighted by Crippen LogP contribution is 2.20. The number of carbonyl (C=O) groups is 2. The SMILES string of the molecule is COC(=O)c1ccc(C=NNC(=O)COc2ccc3ccccc3c2)cc1. The highest BCUT2D eigenvalue weighted by atomic mass is 16.5. The lowest BCUT2D eigenvalue weighted by Gasteiger charge is -2.06. The number of ether oxygens (including phenoxy) is 2. The number of hydrazone groups is 1. The van der Waals surface area contributed by atoms with Gasteiger partial charge in [0.25, 0.3) is 5.91 Å². The summed E-state index contributed by atoms with van der Waals surface area (Å²) in [6.45, 7) is -0.142. The van der Waals surface area contributed by atoms with Gasteiger partial charge in [-0.05, 0) is 40.6 Å². The summed E-state index contributed by atoms with van der Waals surface area (Å²) in [4.78, 5) is 23.2. The van der Waals surface area contributed by atoms with Crippen LogP contribution in [0.3, 0.4) is 0 Å². The van der Waals surface area contributed by atoms with Crippen LogP contribution >= 0.6 is 0 Å². The summed E-state index contributed by atoms with van der Waals surface area (Å²) in [5.41, 5.74) is 3.58. The first-order valence-corrected chi connectivity index (χ1v) is 8.27. The van der Waals surface area contributed by atoms with Crippen LogP contribution < -0.4 is 10.2 Å². The zero-order valence-corrected chi connectivity index (χ0v) is 14.7. The topological polar surface area (TPSA) is 77.0 Å². The summed E-state index contributed by atoms with van der Waals surface area (Å²) in [6.07, 6.45) is 1.48. The average molecular weight is 362 g/mol. The molecule has 0 heterocycles. The molecule has 3 aromatic rings. The minimum atomic E-state index is -0.405. The standard InChI is InChI=1S/C21H18N2O4/c1-26-21(25)17-8-6-15(7-9-17)13-22-23-20(24)14-27-19-11-10-16-4-2-3-5-18(16)12-19/h2-13H,14H2,1H3,(H,23,24). The molecule has 0 bridgehead atoms. The van der Waals surface area contributed by atoms with Crippen molar-refractivity contribution in [2.75, 3.05) is 13.7 Å². The molecule has 0 fully saturated rings. The van der Waals surface area contributed by atoms with Crippen LogP contribution in [0.2, 0.25) is 0 Å². The molecule has 0 aromatic heterocycles. The number of benzene rings is 3. The lowest BCUT2D eigenvalue weighted by Crippen LogP contribution is -2.24. The maximum atomic E-state index is 11.8. The average Bonchev–Trinajstić information content (AvgIpc) is 2.72. The van der Waals surface area contributed by atoms with E-state index in [0.717, 1.165) is 16.3 Å². The van der Waals surface area contributed by atoms with Crippen molar-refractivity contribution >= 4 is 28.9 Å². The quantitative estimate of drug-likeness (QED) is 0.415. The fourth-order valence-corrected chi connectivity index (χ4v) is 2.44. The molecule has 0 aliphatic heterocycles. The lowest BCUT2D eigenvalue weighted by molar-refractivity contribution is -0.123. The normalized spacial score (nSPS) is 10.7. The Morgan fingerprint density at radius 1 is 1.00 bits per heavy atom. The predicted molar refractivity (Wildman–Crippen MR) is 103 cm³/mol. The molecule has 6 nitrogen and oxygen atoms in total. The first-order chi connectivity index (χ1) is 13.2. The molecule has 3 rings (SSSR count). The van der Waals surface area contributed by atoms with E-state index in [1.54, 1.807) is 24.3 Å². The fourth-order valence-electron chi connectivity index (χ4n) is 2.44. The third kappa shape index (κ3) is 4.92. The van der Waals surface area contributed by atoms with E-state index in [-0.39, 0.29) is 12.5 Å². The maximum Gasteiger partial charge on any atom is 0.337 e. The van der Waals surface area contributed by atoms with Gasteiger partial charge in [-0.1, -0.05) is 42.5 Å². The van der Waals surface area contributed by atoms with Gasteiger partial charge in [0.15, 0.2) is 6.61 Å². The van der Waals surface area contributed by atoms with E-state index in [2.05, 4.69) is 15.3 Å². The van der Waals surface area contributed by atoms with Gasteiger partial charge >= 0.3 is 5.97 Å². The van der Waals surface area contributed by atoms with Crippen molar-refractivity contribution in [3.8, 4) is 5.75 Å². The summed E-state index contributed by atoms with van der Waals surface area (Å²) in [5, 5.41) is 6.03. The van der Waals surface area contributed by atoms with Crippen LogP contribution in [-0.4, -0.2) is 31.8 Å². The molecule has 0 saturated carbocycles.